The summed E-state index contributed by atoms with van der Waals surface area (Å²) in [6.45, 7) is 0. The van der Waals surface area contributed by atoms with Gasteiger partial charge in [-0.15, -0.1) is 0 Å². The second-order valence-corrected chi connectivity index (χ2v) is 10.3. The Balaban J connectivity index is 1.21. The summed E-state index contributed by atoms with van der Waals surface area (Å²) in [5.74, 6) is -2.41. The molecule has 4 aromatic rings. The molecule has 0 radical (unpaired) electrons. The van der Waals surface area contributed by atoms with E-state index in [0.29, 0.717) is 17.1 Å². The van der Waals surface area contributed by atoms with Gasteiger partial charge in [0.1, 0.15) is 5.69 Å². The lowest BCUT2D eigenvalue weighted by Crippen LogP contribution is -2.50. The molecule has 0 unspecified atom stereocenters. The van der Waals surface area contributed by atoms with Crippen molar-refractivity contribution >= 4 is 45.6 Å². The molecule has 0 N–H and O–H groups in total. The average Bonchev–Trinajstić information content (AvgIpc) is 3.72. The van der Waals surface area contributed by atoms with E-state index in [-0.39, 0.29) is 29.5 Å². The first-order chi connectivity index (χ1) is 19.5. The van der Waals surface area contributed by atoms with E-state index in [2.05, 4.69) is 4.98 Å². The summed E-state index contributed by atoms with van der Waals surface area (Å²) in [4.78, 5) is 48.7. The number of nitrogens with zero attached hydrogens (tertiary/aromatic N) is 6. The van der Waals surface area contributed by atoms with Crippen molar-refractivity contribution in [1.82, 2.24) is 9.97 Å². The number of carbonyl (C=O) groups excluding carboxylic acids is 2. The molecule has 0 aliphatic carbocycles. The Morgan fingerprint density at radius 3 is 2.17 bits per heavy atom. The topological polar surface area (TPSA) is 131 Å². The fourth-order valence-corrected chi connectivity index (χ4v) is 6.70. The van der Waals surface area contributed by atoms with Gasteiger partial charge in [0.25, 0.3) is 5.69 Å². The van der Waals surface area contributed by atoms with Crippen LogP contribution in [0.4, 0.5) is 17.1 Å². The Hall–Kier alpha value is -5.03. The number of rotatable bonds is 4. The van der Waals surface area contributed by atoms with Crippen molar-refractivity contribution in [3.8, 4) is 0 Å². The number of benzene rings is 3. The maximum atomic E-state index is 13.8. The molecule has 4 aliphatic heterocycles. The van der Waals surface area contributed by atoms with Gasteiger partial charge in [0.2, 0.25) is 11.8 Å². The van der Waals surface area contributed by atoms with Gasteiger partial charge in [-0.05, 0) is 36.4 Å². The van der Waals surface area contributed by atoms with Gasteiger partial charge in [-0.25, -0.2) is 9.88 Å². The summed E-state index contributed by atoms with van der Waals surface area (Å²) in [7, 11) is 0. The average molecular weight is 533 g/mol. The Labute approximate surface area is 226 Å². The van der Waals surface area contributed by atoms with Gasteiger partial charge < -0.3 is 4.74 Å². The van der Waals surface area contributed by atoms with Crippen molar-refractivity contribution in [2.45, 2.75) is 18.2 Å². The highest BCUT2D eigenvalue weighted by Gasteiger charge is 2.72. The van der Waals surface area contributed by atoms with Gasteiger partial charge in [-0.3, -0.25) is 29.7 Å². The standard InChI is InChI=1S/C29H20N6O5/c36-28-21-22(29(37)33(28)15-10-12-17(13-11-15)35(38)39)27-25-23(26(21)40-27)24(32-34(25)16-6-2-1-3-7-16)20-14-30-18-8-4-5-9-19(18)31-20/h1-14,21-23,25-27H/t21-,22+,23+,25-,26-,27+/m0/s1. The van der Waals surface area contributed by atoms with Crippen LogP contribution in [0.15, 0.2) is 90.2 Å². The Kier molecular flexibility index (Phi) is 4.72. The molecule has 196 valence electrons. The number of nitro benzene ring substituents is 1. The van der Waals surface area contributed by atoms with Crippen molar-refractivity contribution < 1.29 is 19.2 Å². The minimum absolute atomic E-state index is 0.114. The number of nitro groups is 1. The molecule has 1 aromatic heterocycles. The van der Waals surface area contributed by atoms with Gasteiger partial charge in [-0.2, -0.15) is 5.10 Å². The number of ether oxygens (including phenoxy) is 1. The van der Waals surface area contributed by atoms with Crippen LogP contribution >= 0.6 is 0 Å². The number of hydrogen-bond acceptors (Lipinski definition) is 9. The first kappa shape index (κ1) is 22.9. The number of anilines is 2. The van der Waals surface area contributed by atoms with Crippen molar-refractivity contribution in [3.63, 3.8) is 0 Å². The maximum Gasteiger partial charge on any atom is 0.269 e. The quantitative estimate of drug-likeness (QED) is 0.222. The SMILES string of the molecule is O=C1[C@@H]2[C@@H]3O[C@H]([C@@H]2C(=O)N1c1ccc([N+](=O)[O-])cc1)[C@@H]1[C@H]3C(c2cnc3ccccc3n2)=NN1c1ccccc1. The zero-order chi connectivity index (χ0) is 27.1. The van der Waals surface area contributed by atoms with E-state index in [9.17, 15) is 19.7 Å². The fraction of sp³-hybridized carbons (Fsp3) is 0.207. The van der Waals surface area contributed by atoms with Crippen molar-refractivity contribution in [2.75, 3.05) is 9.91 Å². The van der Waals surface area contributed by atoms with E-state index in [1.807, 2.05) is 59.6 Å². The number of imide groups is 1. The Morgan fingerprint density at radius 1 is 0.775 bits per heavy atom. The number of hydrogen-bond donors (Lipinski definition) is 0. The van der Waals surface area contributed by atoms with Crippen LogP contribution in [-0.2, 0) is 14.3 Å². The van der Waals surface area contributed by atoms with Gasteiger partial charge >= 0.3 is 0 Å². The highest BCUT2D eigenvalue weighted by molar-refractivity contribution is 6.23. The van der Waals surface area contributed by atoms with Crippen LogP contribution in [0.5, 0.6) is 0 Å². The molecule has 6 atom stereocenters. The normalized spacial score (nSPS) is 28.2. The second kappa shape index (κ2) is 8.23. The van der Waals surface area contributed by atoms with Crippen LogP contribution in [0.3, 0.4) is 0 Å². The number of carbonyl (C=O) groups is 2. The molecule has 3 fully saturated rings. The van der Waals surface area contributed by atoms with Gasteiger partial charge in [-0.1, -0.05) is 30.3 Å². The van der Waals surface area contributed by atoms with Crippen molar-refractivity contribution in [3.05, 3.63) is 101 Å². The van der Waals surface area contributed by atoms with Crippen LogP contribution < -0.4 is 9.91 Å². The molecular formula is C29H20N6O5. The van der Waals surface area contributed by atoms with E-state index < -0.39 is 29.0 Å². The maximum absolute atomic E-state index is 13.8. The molecule has 5 heterocycles. The van der Waals surface area contributed by atoms with Crippen LogP contribution in [0, 0.1) is 27.9 Å². The van der Waals surface area contributed by atoms with E-state index in [0.717, 1.165) is 21.6 Å². The highest BCUT2D eigenvalue weighted by Crippen LogP contribution is 2.56. The Bertz CT molecular complexity index is 1760. The number of amides is 2. The van der Waals surface area contributed by atoms with E-state index in [1.165, 1.54) is 24.3 Å². The fourth-order valence-electron chi connectivity index (χ4n) is 6.70. The third-order valence-electron chi connectivity index (χ3n) is 8.34. The molecule has 8 rings (SSSR count). The van der Waals surface area contributed by atoms with Crippen LogP contribution in [0.1, 0.15) is 5.69 Å². The van der Waals surface area contributed by atoms with Gasteiger partial charge in [0.05, 0.1) is 75.2 Å². The third-order valence-corrected chi connectivity index (χ3v) is 8.34. The summed E-state index contributed by atoms with van der Waals surface area (Å²) in [5.41, 5.74) is 3.82. The highest BCUT2D eigenvalue weighted by atomic mass is 16.6. The molecule has 40 heavy (non-hydrogen) atoms. The lowest BCUT2D eigenvalue weighted by atomic mass is 9.70. The summed E-state index contributed by atoms with van der Waals surface area (Å²) >= 11 is 0. The molecule has 11 nitrogen and oxygen atoms in total. The summed E-state index contributed by atoms with van der Waals surface area (Å²) in [5, 5.41) is 18.0. The predicted molar refractivity (Wildman–Crippen MR) is 144 cm³/mol. The molecule has 11 heteroatoms. The molecule has 3 aromatic carbocycles. The number of non-ortho nitro benzene ring substituents is 1. The second-order valence-electron chi connectivity index (χ2n) is 10.3. The molecule has 4 aliphatic rings. The van der Waals surface area contributed by atoms with Crippen LogP contribution in [-0.4, -0.2) is 50.7 Å². The summed E-state index contributed by atoms with van der Waals surface area (Å²) in [6, 6.07) is 22.4. The Morgan fingerprint density at radius 2 is 1.45 bits per heavy atom. The van der Waals surface area contributed by atoms with Crippen molar-refractivity contribution in [2.24, 2.45) is 22.9 Å². The monoisotopic (exact) mass is 532 g/mol. The van der Waals surface area contributed by atoms with E-state index in [4.69, 9.17) is 14.8 Å². The van der Waals surface area contributed by atoms with Gasteiger partial charge in [0, 0.05) is 12.1 Å². The molecule has 2 amide bonds. The lowest BCUT2D eigenvalue weighted by Gasteiger charge is -2.32. The smallest absolute Gasteiger partial charge is 0.269 e. The van der Waals surface area contributed by atoms with Crippen LogP contribution in [0.2, 0.25) is 0 Å². The number of para-hydroxylation sites is 3. The van der Waals surface area contributed by atoms with Crippen LogP contribution in [0.25, 0.3) is 11.0 Å². The zero-order valence-electron chi connectivity index (χ0n) is 20.8. The third kappa shape index (κ3) is 3.06. The molecule has 0 spiro atoms. The van der Waals surface area contributed by atoms with E-state index in [1.54, 1.807) is 6.20 Å². The predicted octanol–water partition coefficient (Wildman–Crippen LogP) is 3.33. The number of fused-ring (bicyclic) bond motifs is 9. The largest absolute Gasteiger partial charge is 0.370 e. The summed E-state index contributed by atoms with van der Waals surface area (Å²) < 4.78 is 6.44. The number of hydrazone groups is 1. The molecule has 3 saturated heterocycles. The number of aromatic nitrogens is 2. The van der Waals surface area contributed by atoms with Crippen molar-refractivity contribution in [1.29, 1.82) is 0 Å². The summed E-state index contributed by atoms with van der Waals surface area (Å²) in [6.07, 6.45) is 0.538. The van der Waals surface area contributed by atoms with E-state index >= 15 is 0 Å². The zero-order valence-corrected chi connectivity index (χ0v) is 20.8. The minimum Gasteiger partial charge on any atom is -0.370 e. The molecule has 2 bridgehead atoms. The van der Waals surface area contributed by atoms with Gasteiger partial charge in [0.15, 0.2) is 0 Å². The first-order valence-corrected chi connectivity index (χ1v) is 12.9. The first-order valence-electron chi connectivity index (χ1n) is 12.9. The molecular weight excluding hydrogens is 512 g/mol. The lowest BCUT2D eigenvalue weighted by molar-refractivity contribution is -0.384. The molecule has 0 saturated carbocycles. The minimum atomic E-state index is -0.691.